The Labute approximate surface area is 73.1 Å². The molecule has 64 valence electrons. The van der Waals surface area contributed by atoms with Crippen molar-refractivity contribution in [2.75, 3.05) is 0 Å². The lowest BCUT2D eigenvalue weighted by molar-refractivity contribution is 0.0980. The van der Waals surface area contributed by atoms with E-state index >= 15 is 0 Å². The van der Waals surface area contributed by atoms with Crippen molar-refractivity contribution in [1.29, 1.82) is 0 Å². The predicted molar refractivity (Wildman–Crippen MR) is 42.8 cm³/mol. The summed E-state index contributed by atoms with van der Waals surface area (Å²) in [6.45, 7) is 0. The first-order valence-electron chi connectivity index (χ1n) is 3.04. The zero-order valence-corrected chi connectivity index (χ0v) is 6.74. The molecule has 0 spiro atoms. The van der Waals surface area contributed by atoms with Gasteiger partial charge in [0.1, 0.15) is 11.6 Å². The average Bonchev–Trinajstić information content (AvgIpc) is 2.08. The van der Waals surface area contributed by atoms with Crippen molar-refractivity contribution in [3.05, 3.63) is 35.4 Å². The van der Waals surface area contributed by atoms with Gasteiger partial charge in [0.15, 0.2) is 0 Å². The van der Waals surface area contributed by atoms with Gasteiger partial charge in [0.05, 0.1) is 5.56 Å². The monoisotopic (exact) mass is 189 g/mol. The Kier molecular flexibility index (Phi) is 2.65. The summed E-state index contributed by atoms with van der Waals surface area (Å²) in [6.07, 6.45) is 0. The van der Waals surface area contributed by atoms with Crippen molar-refractivity contribution in [3.8, 4) is 0 Å². The molecule has 0 saturated carbocycles. The number of amides is 1. The fraction of sp³-hybridized carbons (Fsp3) is 0. The van der Waals surface area contributed by atoms with Crippen LogP contribution in [-0.2, 0) is 0 Å². The maximum Gasteiger partial charge on any atom is 0.263 e. The maximum atomic E-state index is 12.7. The molecule has 1 N–H and O–H groups in total. The fourth-order valence-corrected chi connectivity index (χ4v) is 0.852. The Hall–Kier alpha value is -1.10. The van der Waals surface area contributed by atoms with Gasteiger partial charge in [-0.25, -0.2) is 8.78 Å². The lowest BCUT2D eigenvalue weighted by Gasteiger charge is -1.99. The van der Waals surface area contributed by atoms with Gasteiger partial charge in [0.2, 0.25) is 0 Å². The number of benzene rings is 1. The van der Waals surface area contributed by atoms with E-state index in [0.29, 0.717) is 0 Å². The summed E-state index contributed by atoms with van der Waals surface area (Å²) in [7, 11) is 0. The van der Waals surface area contributed by atoms with Crippen molar-refractivity contribution < 1.29 is 13.6 Å². The molecule has 1 aromatic carbocycles. The molecule has 0 aliphatic carbocycles. The molecule has 0 saturated heterocycles. The molecule has 0 fully saturated rings. The number of thiol groups is 1. The number of nitrogens with one attached hydrogen (secondary N) is 1. The fourth-order valence-electron chi connectivity index (χ4n) is 0.732. The Balaban J connectivity index is 3.13. The molecule has 0 aromatic heterocycles. The maximum absolute atomic E-state index is 12.7. The third-order valence-electron chi connectivity index (χ3n) is 1.27. The van der Waals surface area contributed by atoms with Crippen molar-refractivity contribution in [1.82, 2.24) is 4.72 Å². The van der Waals surface area contributed by atoms with Gasteiger partial charge in [-0.1, -0.05) is 12.8 Å². The second-order valence-corrected chi connectivity index (χ2v) is 2.29. The normalized spacial score (nSPS) is 9.58. The number of hydrogen-bond donors (Lipinski definition) is 2. The van der Waals surface area contributed by atoms with Crippen LogP contribution in [-0.4, -0.2) is 5.91 Å². The van der Waals surface area contributed by atoms with E-state index in [1.807, 2.05) is 4.72 Å². The molecule has 12 heavy (non-hydrogen) atoms. The van der Waals surface area contributed by atoms with E-state index in [1.165, 1.54) is 0 Å². The number of carbonyl (C=O) groups excluding carboxylic acids is 1. The van der Waals surface area contributed by atoms with Gasteiger partial charge in [-0.3, -0.25) is 9.52 Å². The van der Waals surface area contributed by atoms with E-state index in [0.717, 1.165) is 18.2 Å². The highest BCUT2D eigenvalue weighted by molar-refractivity contribution is 7.78. The predicted octanol–water partition coefficient (Wildman–Crippen LogP) is 1.54. The van der Waals surface area contributed by atoms with Crippen molar-refractivity contribution >= 4 is 18.7 Å². The molecule has 0 unspecified atom stereocenters. The molecule has 1 rings (SSSR count). The second kappa shape index (κ2) is 3.53. The zero-order chi connectivity index (χ0) is 9.14. The number of halogens is 2. The topological polar surface area (TPSA) is 29.1 Å². The minimum Gasteiger partial charge on any atom is -0.299 e. The highest BCUT2D eigenvalue weighted by atomic mass is 32.1. The summed E-state index contributed by atoms with van der Waals surface area (Å²) < 4.78 is 27.1. The average molecular weight is 189 g/mol. The Morgan fingerprint density at radius 3 is 2.67 bits per heavy atom. The minimum atomic E-state index is -0.775. The van der Waals surface area contributed by atoms with E-state index < -0.39 is 17.5 Å². The van der Waals surface area contributed by atoms with Crippen LogP contribution in [0.15, 0.2) is 18.2 Å². The molecular formula is C7H5F2NOS. The van der Waals surface area contributed by atoms with Gasteiger partial charge >= 0.3 is 0 Å². The molecule has 0 radical (unpaired) electrons. The lowest BCUT2D eigenvalue weighted by atomic mass is 10.2. The first-order valence-corrected chi connectivity index (χ1v) is 3.49. The number of carbonyl (C=O) groups is 1. The summed E-state index contributed by atoms with van der Waals surface area (Å²) >= 11 is 3.42. The van der Waals surface area contributed by atoms with Gasteiger partial charge < -0.3 is 0 Å². The Morgan fingerprint density at radius 2 is 2.08 bits per heavy atom. The molecule has 2 nitrogen and oxygen atoms in total. The molecule has 0 aliphatic rings. The summed E-state index contributed by atoms with van der Waals surface area (Å²) in [5, 5.41) is 0. The molecule has 1 amide bonds. The highest BCUT2D eigenvalue weighted by Crippen LogP contribution is 2.09. The molecule has 0 bridgehead atoms. The molecular weight excluding hydrogens is 184 g/mol. The Morgan fingerprint density at radius 1 is 1.42 bits per heavy atom. The first kappa shape index (κ1) is 8.99. The second-order valence-electron chi connectivity index (χ2n) is 2.07. The quantitative estimate of drug-likeness (QED) is 0.644. The molecule has 0 heterocycles. The van der Waals surface area contributed by atoms with Gasteiger partial charge in [-0.2, -0.15) is 0 Å². The van der Waals surface area contributed by atoms with Crippen LogP contribution in [0.3, 0.4) is 0 Å². The SMILES string of the molecule is O=C(NS)c1cc(F)ccc1F. The summed E-state index contributed by atoms with van der Waals surface area (Å²) in [5.41, 5.74) is -0.356. The van der Waals surface area contributed by atoms with Crippen LogP contribution >= 0.6 is 12.8 Å². The van der Waals surface area contributed by atoms with Gasteiger partial charge in [-0.15, -0.1) is 0 Å². The minimum absolute atomic E-state index is 0.356. The van der Waals surface area contributed by atoms with Crippen LogP contribution in [0.1, 0.15) is 10.4 Å². The number of rotatable bonds is 1. The van der Waals surface area contributed by atoms with E-state index in [1.54, 1.807) is 0 Å². The number of hydrogen-bond acceptors (Lipinski definition) is 2. The standard InChI is InChI=1S/C7H5F2NOS/c8-4-1-2-6(9)5(3-4)7(11)10-12/h1-3,12H,(H,10,11). The van der Waals surface area contributed by atoms with Crippen LogP contribution in [0.4, 0.5) is 8.78 Å². The molecule has 0 aliphatic heterocycles. The van der Waals surface area contributed by atoms with Crippen LogP contribution in [0, 0.1) is 11.6 Å². The summed E-state index contributed by atoms with van der Waals surface area (Å²) in [6, 6.07) is 2.62. The van der Waals surface area contributed by atoms with Gasteiger partial charge in [0, 0.05) is 0 Å². The van der Waals surface area contributed by atoms with E-state index in [4.69, 9.17) is 0 Å². The largest absolute Gasteiger partial charge is 0.299 e. The van der Waals surface area contributed by atoms with Crippen molar-refractivity contribution in [2.24, 2.45) is 0 Å². The Bertz CT molecular complexity index is 316. The first-order chi connectivity index (χ1) is 5.65. The smallest absolute Gasteiger partial charge is 0.263 e. The van der Waals surface area contributed by atoms with E-state index in [9.17, 15) is 13.6 Å². The van der Waals surface area contributed by atoms with E-state index in [-0.39, 0.29) is 5.56 Å². The van der Waals surface area contributed by atoms with E-state index in [2.05, 4.69) is 12.8 Å². The van der Waals surface area contributed by atoms with Crippen molar-refractivity contribution in [3.63, 3.8) is 0 Å². The zero-order valence-electron chi connectivity index (χ0n) is 5.84. The lowest BCUT2D eigenvalue weighted by Crippen LogP contribution is -2.14. The van der Waals surface area contributed by atoms with Crippen LogP contribution in [0.5, 0.6) is 0 Å². The molecule has 1 aromatic rings. The highest BCUT2D eigenvalue weighted by Gasteiger charge is 2.10. The summed E-state index contributed by atoms with van der Waals surface area (Å²) in [5.74, 6) is -2.21. The van der Waals surface area contributed by atoms with Crippen molar-refractivity contribution in [2.45, 2.75) is 0 Å². The third-order valence-corrected chi connectivity index (χ3v) is 1.48. The van der Waals surface area contributed by atoms with Gasteiger partial charge in [-0.05, 0) is 18.2 Å². The summed E-state index contributed by atoms with van der Waals surface area (Å²) in [4.78, 5) is 10.8. The van der Waals surface area contributed by atoms with Crippen LogP contribution < -0.4 is 4.72 Å². The van der Waals surface area contributed by atoms with Crippen LogP contribution in [0.2, 0.25) is 0 Å². The van der Waals surface area contributed by atoms with Gasteiger partial charge in [0.25, 0.3) is 5.91 Å². The molecule has 0 atom stereocenters. The van der Waals surface area contributed by atoms with Crippen LogP contribution in [0.25, 0.3) is 0 Å². The third kappa shape index (κ3) is 1.73. The molecule has 5 heteroatoms.